The molecule has 0 N–H and O–H groups in total. The van der Waals surface area contributed by atoms with Gasteiger partial charge in [0.1, 0.15) is 0 Å². The summed E-state index contributed by atoms with van der Waals surface area (Å²) >= 11 is 0. The van der Waals surface area contributed by atoms with Gasteiger partial charge in [0.25, 0.3) is 0 Å². The van der Waals surface area contributed by atoms with Crippen molar-refractivity contribution in [2.45, 2.75) is 85.0 Å². The fraction of sp³-hybridized carbons (Fsp3) is 0.194. The average molecular weight is 897 g/mol. The summed E-state index contributed by atoms with van der Waals surface area (Å²) in [6.45, 7) is 15.8. The molecule has 0 unspecified atom stereocenters. The lowest BCUT2D eigenvalue weighted by atomic mass is 9.73. The Labute approximate surface area is 410 Å². The van der Waals surface area contributed by atoms with Crippen LogP contribution >= 0.6 is 0 Å². The highest BCUT2D eigenvalue weighted by molar-refractivity contribution is 6.11. The maximum absolute atomic E-state index is 2.47. The van der Waals surface area contributed by atoms with E-state index in [1.807, 2.05) is 18.2 Å². The number of aromatic nitrogens is 1. The first-order valence-corrected chi connectivity index (χ1v) is 25.2. The van der Waals surface area contributed by atoms with Crippen molar-refractivity contribution in [3.63, 3.8) is 0 Å². The lowest BCUT2D eigenvalue weighted by molar-refractivity contribution is 0.490. The highest BCUT2D eigenvalue weighted by Crippen LogP contribution is 2.55. The number of benzene rings is 9. The van der Waals surface area contributed by atoms with Gasteiger partial charge in [0, 0.05) is 44.4 Å². The topological polar surface area (TPSA) is 8.17 Å². The van der Waals surface area contributed by atoms with Crippen molar-refractivity contribution in [2.24, 2.45) is 0 Å². The normalized spacial score (nSPS) is 13.3. The zero-order chi connectivity index (χ0) is 47.7. The van der Waals surface area contributed by atoms with Crippen molar-refractivity contribution >= 4 is 38.9 Å². The Hall–Kier alpha value is -7.42. The molecule has 69 heavy (non-hydrogen) atoms. The van der Waals surface area contributed by atoms with Gasteiger partial charge in [-0.1, -0.05) is 190 Å². The van der Waals surface area contributed by atoms with Crippen molar-refractivity contribution in [3.05, 3.63) is 251 Å². The largest absolute Gasteiger partial charge is 0.310 e. The van der Waals surface area contributed by atoms with Crippen LogP contribution in [0.15, 0.2) is 212 Å². The molecule has 2 aliphatic rings. The van der Waals surface area contributed by atoms with Crippen LogP contribution in [0.3, 0.4) is 0 Å². The van der Waals surface area contributed by atoms with E-state index in [1.165, 1.54) is 107 Å². The molecule has 10 aromatic rings. The molecule has 0 saturated heterocycles. The monoisotopic (exact) mass is 897 g/mol. The maximum Gasteiger partial charge on any atom is 0.0542 e. The second kappa shape index (κ2) is 18.9. The van der Waals surface area contributed by atoms with Gasteiger partial charge < -0.3 is 9.47 Å². The van der Waals surface area contributed by atoms with Crippen LogP contribution in [0.1, 0.15) is 92.3 Å². The van der Waals surface area contributed by atoms with Crippen molar-refractivity contribution in [1.29, 1.82) is 0 Å². The molecule has 0 atom stereocenters. The summed E-state index contributed by atoms with van der Waals surface area (Å²) in [6.07, 6.45) is 4.51. The highest BCUT2D eigenvalue weighted by Gasteiger charge is 2.41. The second-order valence-corrected chi connectivity index (χ2v) is 19.2. The smallest absolute Gasteiger partial charge is 0.0542 e. The molecule has 0 amide bonds. The van der Waals surface area contributed by atoms with Crippen LogP contribution in [-0.4, -0.2) is 4.57 Å². The average Bonchev–Trinajstić information content (AvgIpc) is 3.98. The molecule has 0 bridgehead atoms. The van der Waals surface area contributed by atoms with E-state index in [0.29, 0.717) is 0 Å². The van der Waals surface area contributed by atoms with Crippen LogP contribution in [0.2, 0.25) is 0 Å². The molecule has 0 spiro atoms. The van der Waals surface area contributed by atoms with Gasteiger partial charge in [-0.15, -0.1) is 0 Å². The van der Waals surface area contributed by atoms with E-state index in [4.69, 9.17) is 0 Å². The first-order valence-electron chi connectivity index (χ1n) is 25.2. The number of hydrogen-bond donors (Lipinski definition) is 0. The summed E-state index contributed by atoms with van der Waals surface area (Å²) in [4.78, 5) is 2.43. The van der Waals surface area contributed by atoms with Crippen LogP contribution in [0.5, 0.6) is 0 Å². The molecule has 342 valence electrons. The van der Waals surface area contributed by atoms with Gasteiger partial charge in [-0.25, -0.2) is 0 Å². The van der Waals surface area contributed by atoms with Gasteiger partial charge in [0.2, 0.25) is 0 Å². The van der Waals surface area contributed by atoms with Crippen LogP contribution in [0, 0.1) is 20.8 Å². The number of aryl methyl sites for hydroxylation is 3. The summed E-state index contributed by atoms with van der Waals surface area (Å²) in [7, 11) is 0. The van der Waals surface area contributed by atoms with Crippen molar-refractivity contribution in [3.8, 4) is 27.9 Å². The first-order chi connectivity index (χ1) is 33.7. The maximum atomic E-state index is 2.47. The molecular weight excluding hydrogens is 833 g/mol. The van der Waals surface area contributed by atoms with E-state index in [1.54, 1.807) is 0 Å². The van der Waals surface area contributed by atoms with Gasteiger partial charge in [0.05, 0.1) is 11.0 Å². The summed E-state index contributed by atoms with van der Waals surface area (Å²) in [6, 6.07) is 77.6. The Bertz CT molecular complexity index is 3410. The fourth-order valence-corrected chi connectivity index (χ4v) is 11.9. The molecule has 0 radical (unpaired) electrons. The summed E-state index contributed by atoms with van der Waals surface area (Å²) in [5, 5.41) is 2.54. The molecule has 0 saturated carbocycles. The number of fused-ring (bicyclic) bond motifs is 9. The molecule has 2 nitrogen and oxygen atoms in total. The summed E-state index contributed by atoms with van der Waals surface area (Å²) in [5.74, 6) is 0. The van der Waals surface area contributed by atoms with Crippen LogP contribution in [-0.2, 0) is 10.8 Å². The molecule has 9 aromatic carbocycles. The zero-order valence-corrected chi connectivity index (χ0v) is 41.4. The van der Waals surface area contributed by atoms with Crippen molar-refractivity contribution in [2.75, 3.05) is 4.90 Å². The van der Waals surface area contributed by atoms with Gasteiger partial charge in [-0.2, -0.15) is 0 Å². The van der Waals surface area contributed by atoms with Crippen molar-refractivity contribution < 1.29 is 0 Å². The SMILES string of the molecule is CCC1(CC)c2ccccc2-c2ccc(C)cc21.CCC1(CC)c2ccccc2-c2ccc(N(c3ccccc3)c3ccc4c(c3)c3cc(C)ccc3n4-c3ccccc3)cc21.Cc1ccccc1. The summed E-state index contributed by atoms with van der Waals surface area (Å²) < 4.78 is 2.39. The van der Waals surface area contributed by atoms with E-state index in [0.717, 1.165) is 24.2 Å². The fourth-order valence-electron chi connectivity index (χ4n) is 11.9. The molecule has 0 aliphatic heterocycles. The molecule has 1 heterocycles. The Morgan fingerprint density at radius 2 is 0.754 bits per heavy atom. The first kappa shape index (κ1) is 45.4. The van der Waals surface area contributed by atoms with Gasteiger partial charge in [-0.3, -0.25) is 0 Å². The number of hydrogen-bond acceptors (Lipinski definition) is 1. The Morgan fingerprint density at radius 1 is 0.333 bits per heavy atom. The standard InChI is InChI=1S/C42H36N2.C18H20.C7H8/c1-4-42(5-2)38-19-13-12-18-34(38)35-23-21-33(28-39(35)42)43(30-14-8-6-9-15-30)32-22-25-41-37(27-32)36-26-29(3)20-24-40(36)44(41)31-16-10-7-11-17-31;1-4-18(5-2)16-9-7-6-8-14(16)15-11-10-13(3)12-17(15)18;1-7-5-3-2-4-6-7/h6-28H,4-5H2,1-3H3;6-12H,4-5H2,1-3H3;2-6H,1H3. The third kappa shape index (κ3) is 7.86. The molecule has 2 aliphatic carbocycles. The number of rotatable bonds is 8. The zero-order valence-electron chi connectivity index (χ0n) is 41.4. The van der Waals surface area contributed by atoms with E-state index in [2.05, 4.69) is 252 Å². The molecule has 1 aromatic heterocycles. The predicted octanol–water partition coefficient (Wildman–Crippen LogP) is 18.7. The van der Waals surface area contributed by atoms with Gasteiger partial charge >= 0.3 is 0 Å². The van der Waals surface area contributed by atoms with E-state index in [9.17, 15) is 0 Å². The number of anilines is 3. The predicted molar refractivity (Wildman–Crippen MR) is 296 cm³/mol. The Balaban J connectivity index is 0.000000180. The minimum absolute atomic E-state index is 0.0227. The molecule has 12 rings (SSSR count). The van der Waals surface area contributed by atoms with Gasteiger partial charge in [0.15, 0.2) is 0 Å². The van der Waals surface area contributed by atoms with E-state index >= 15 is 0 Å². The lowest BCUT2D eigenvalue weighted by Gasteiger charge is -2.31. The molecule has 0 fully saturated rings. The van der Waals surface area contributed by atoms with Crippen LogP contribution < -0.4 is 4.90 Å². The quantitative estimate of drug-likeness (QED) is 0.148. The highest BCUT2D eigenvalue weighted by atomic mass is 15.1. The molecular formula is C67H64N2. The Morgan fingerprint density at radius 3 is 1.32 bits per heavy atom. The van der Waals surface area contributed by atoms with E-state index in [-0.39, 0.29) is 10.8 Å². The third-order valence-electron chi connectivity index (χ3n) is 15.5. The van der Waals surface area contributed by atoms with E-state index < -0.39 is 0 Å². The van der Waals surface area contributed by atoms with Crippen LogP contribution in [0.25, 0.3) is 49.7 Å². The second-order valence-electron chi connectivity index (χ2n) is 19.2. The third-order valence-corrected chi connectivity index (χ3v) is 15.5. The minimum Gasteiger partial charge on any atom is -0.310 e. The lowest BCUT2D eigenvalue weighted by Crippen LogP contribution is -2.23. The Kier molecular flexibility index (Phi) is 12.4. The van der Waals surface area contributed by atoms with Gasteiger partial charge in [-0.05, 0) is 158 Å². The van der Waals surface area contributed by atoms with Crippen LogP contribution in [0.4, 0.5) is 17.1 Å². The minimum atomic E-state index is 0.0227. The van der Waals surface area contributed by atoms with Crippen molar-refractivity contribution in [1.82, 2.24) is 4.57 Å². The molecule has 2 heteroatoms. The summed E-state index contributed by atoms with van der Waals surface area (Å²) in [5.41, 5.74) is 23.0. The number of para-hydroxylation sites is 2. The number of nitrogens with zero attached hydrogens (tertiary/aromatic N) is 2.